The van der Waals surface area contributed by atoms with E-state index in [1.807, 2.05) is 26.0 Å². The van der Waals surface area contributed by atoms with Crippen LogP contribution >= 0.6 is 0 Å². The number of aryl methyl sites for hydroxylation is 1. The van der Waals surface area contributed by atoms with Gasteiger partial charge in [-0.15, -0.1) is 0 Å². The summed E-state index contributed by atoms with van der Waals surface area (Å²) in [6, 6.07) is 8.29. The fourth-order valence-electron chi connectivity index (χ4n) is 2.00. The molecule has 0 fully saturated rings. The van der Waals surface area contributed by atoms with Gasteiger partial charge in [0.15, 0.2) is 0 Å². The number of nitrogens with one attached hydrogen (secondary N) is 2. The monoisotopic (exact) mass is 304 g/mol. The van der Waals surface area contributed by atoms with Crippen LogP contribution in [0.15, 0.2) is 34.7 Å². The number of methoxy groups -OCH3 is 2. The van der Waals surface area contributed by atoms with Crippen LogP contribution in [-0.2, 0) is 0 Å². The lowest BCUT2D eigenvalue weighted by molar-refractivity contribution is 0.247. The number of benzene rings is 1. The summed E-state index contributed by atoms with van der Waals surface area (Å²) in [7, 11) is 3.11. The first-order valence-corrected chi connectivity index (χ1v) is 6.88. The summed E-state index contributed by atoms with van der Waals surface area (Å²) in [6.45, 7) is 3.71. The van der Waals surface area contributed by atoms with Gasteiger partial charge in [-0.1, -0.05) is 0 Å². The highest BCUT2D eigenvalue weighted by Gasteiger charge is 2.13. The van der Waals surface area contributed by atoms with Gasteiger partial charge in [-0.05, 0) is 26.0 Å². The molecule has 0 aliphatic rings. The van der Waals surface area contributed by atoms with E-state index in [1.165, 1.54) is 0 Å². The molecule has 0 spiro atoms. The van der Waals surface area contributed by atoms with Gasteiger partial charge in [0.1, 0.15) is 23.0 Å². The Balaban J connectivity index is 2.02. The Labute approximate surface area is 129 Å². The Bertz CT molecular complexity index is 629. The fourth-order valence-corrected chi connectivity index (χ4v) is 2.00. The first-order chi connectivity index (χ1) is 10.5. The average Bonchev–Trinajstić information content (AvgIpc) is 2.93. The van der Waals surface area contributed by atoms with Crippen molar-refractivity contribution in [2.45, 2.75) is 19.9 Å². The summed E-state index contributed by atoms with van der Waals surface area (Å²) in [5.41, 5.74) is 0.580. The lowest BCUT2D eigenvalue weighted by atomic mass is 10.2. The van der Waals surface area contributed by atoms with Crippen LogP contribution in [0.2, 0.25) is 0 Å². The number of hydrogen-bond donors (Lipinski definition) is 2. The number of ether oxygens (including phenoxy) is 2. The Morgan fingerprint density at radius 1 is 1.14 bits per heavy atom. The second-order valence-electron chi connectivity index (χ2n) is 4.87. The number of carbonyl (C=O) groups is 1. The third kappa shape index (κ3) is 3.94. The van der Waals surface area contributed by atoms with E-state index in [0.29, 0.717) is 22.9 Å². The zero-order valence-corrected chi connectivity index (χ0v) is 13.1. The molecule has 1 aromatic heterocycles. The molecular weight excluding hydrogens is 284 g/mol. The van der Waals surface area contributed by atoms with Crippen LogP contribution < -0.4 is 20.1 Å². The summed E-state index contributed by atoms with van der Waals surface area (Å²) in [5, 5.41) is 5.55. The smallest absolute Gasteiger partial charge is 0.319 e. The molecule has 6 heteroatoms. The molecule has 22 heavy (non-hydrogen) atoms. The second kappa shape index (κ2) is 6.89. The molecule has 0 bridgehead atoms. The van der Waals surface area contributed by atoms with E-state index in [2.05, 4.69) is 10.6 Å². The van der Waals surface area contributed by atoms with E-state index in [1.54, 1.807) is 32.4 Å². The maximum Gasteiger partial charge on any atom is 0.319 e. The van der Waals surface area contributed by atoms with E-state index in [0.717, 1.165) is 5.76 Å². The Morgan fingerprint density at radius 3 is 2.27 bits per heavy atom. The van der Waals surface area contributed by atoms with Crippen LogP contribution in [0.4, 0.5) is 10.5 Å². The van der Waals surface area contributed by atoms with Crippen LogP contribution in [-0.4, -0.2) is 20.3 Å². The summed E-state index contributed by atoms with van der Waals surface area (Å²) in [6.07, 6.45) is 0. The van der Waals surface area contributed by atoms with Crippen LogP contribution in [0.25, 0.3) is 0 Å². The highest BCUT2D eigenvalue weighted by molar-refractivity contribution is 5.90. The van der Waals surface area contributed by atoms with Gasteiger partial charge in [-0.2, -0.15) is 0 Å². The highest BCUT2D eigenvalue weighted by atomic mass is 16.5. The maximum atomic E-state index is 12.1. The van der Waals surface area contributed by atoms with Crippen molar-refractivity contribution in [3.05, 3.63) is 41.9 Å². The fraction of sp³-hybridized carbons (Fsp3) is 0.312. The molecule has 0 aliphatic heterocycles. The average molecular weight is 304 g/mol. The Kier molecular flexibility index (Phi) is 4.93. The molecule has 2 N–H and O–H groups in total. The molecular formula is C16H20N2O4. The normalized spacial score (nSPS) is 11.6. The number of carbonyl (C=O) groups excluding carboxylic acids is 1. The number of hydrogen-bond acceptors (Lipinski definition) is 4. The lowest BCUT2D eigenvalue weighted by Gasteiger charge is -2.14. The summed E-state index contributed by atoms with van der Waals surface area (Å²) >= 11 is 0. The third-order valence-electron chi connectivity index (χ3n) is 3.14. The number of rotatable bonds is 5. The van der Waals surface area contributed by atoms with Crippen LogP contribution in [0.1, 0.15) is 24.5 Å². The highest BCUT2D eigenvalue weighted by Crippen LogP contribution is 2.25. The zero-order valence-electron chi connectivity index (χ0n) is 13.1. The van der Waals surface area contributed by atoms with Gasteiger partial charge in [0.2, 0.25) is 0 Å². The van der Waals surface area contributed by atoms with E-state index in [-0.39, 0.29) is 12.1 Å². The van der Waals surface area contributed by atoms with E-state index in [4.69, 9.17) is 13.9 Å². The second-order valence-corrected chi connectivity index (χ2v) is 4.87. The lowest BCUT2D eigenvalue weighted by Crippen LogP contribution is -2.30. The van der Waals surface area contributed by atoms with Gasteiger partial charge in [-0.25, -0.2) is 4.79 Å². The predicted molar refractivity (Wildman–Crippen MR) is 83.6 cm³/mol. The van der Waals surface area contributed by atoms with E-state index in [9.17, 15) is 4.79 Å². The molecule has 6 nitrogen and oxygen atoms in total. The molecule has 0 radical (unpaired) electrons. The molecule has 1 aromatic carbocycles. The van der Waals surface area contributed by atoms with Gasteiger partial charge in [-0.3, -0.25) is 0 Å². The number of anilines is 1. The van der Waals surface area contributed by atoms with Crippen molar-refractivity contribution in [1.29, 1.82) is 0 Å². The van der Waals surface area contributed by atoms with Gasteiger partial charge in [0.25, 0.3) is 0 Å². The van der Waals surface area contributed by atoms with Crippen molar-refractivity contribution >= 4 is 11.7 Å². The van der Waals surface area contributed by atoms with Crippen LogP contribution in [0.5, 0.6) is 11.5 Å². The van der Waals surface area contributed by atoms with Crippen molar-refractivity contribution in [3.63, 3.8) is 0 Å². The molecule has 1 heterocycles. The minimum atomic E-state index is -0.336. The van der Waals surface area contributed by atoms with Crippen molar-refractivity contribution in [3.8, 4) is 11.5 Å². The number of urea groups is 1. The minimum Gasteiger partial charge on any atom is -0.497 e. The minimum absolute atomic E-state index is 0.235. The standard InChI is InChI=1S/C16H20N2O4/c1-10-5-6-15(22-10)11(2)17-16(19)18-12-7-13(20-3)9-14(8-12)21-4/h5-9,11H,1-4H3,(H2,17,18,19)/t11-/m0/s1. The summed E-state index contributed by atoms with van der Waals surface area (Å²) < 4.78 is 15.8. The molecule has 0 unspecified atom stereocenters. The maximum absolute atomic E-state index is 12.1. The van der Waals surface area contributed by atoms with Crippen molar-refractivity contribution < 1.29 is 18.7 Å². The first kappa shape index (κ1) is 15.8. The summed E-state index contributed by atoms with van der Waals surface area (Å²) in [4.78, 5) is 12.1. The third-order valence-corrected chi connectivity index (χ3v) is 3.14. The van der Waals surface area contributed by atoms with Crippen molar-refractivity contribution in [2.75, 3.05) is 19.5 Å². The van der Waals surface area contributed by atoms with Gasteiger partial charge >= 0.3 is 6.03 Å². The van der Waals surface area contributed by atoms with Gasteiger partial charge < -0.3 is 24.5 Å². The van der Waals surface area contributed by atoms with Crippen LogP contribution in [0.3, 0.4) is 0 Å². The Morgan fingerprint density at radius 2 is 1.77 bits per heavy atom. The molecule has 2 rings (SSSR count). The van der Waals surface area contributed by atoms with Gasteiger partial charge in [0, 0.05) is 23.9 Å². The largest absolute Gasteiger partial charge is 0.497 e. The van der Waals surface area contributed by atoms with E-state index < -0.39 is 0 Å². The predicted octanol–water partition coefficient (Wildman–Crippen LogP) is 3.49. The molecule has 118 valence electrons. The first-order valence-electron chi connectivity index (χ1n) is 6.88. The van der Waals surface area contributed by atoms with Crippen molar-refractivity contribution in [1.82, 2.24) is 5.32 Å². The van der Waals surface area contributed by atoms with Gasteiger partial charge in [0.05, 0.1) is 20.3 Å². The topological polar surface area (TPSA) is 72.7 Å². The molecule has 2 amide bonds. The molecule has 1 atom stereocenters. The SMILES string of the molecule is COc1cc(NC(=O)N[C@@H](C)c2ccc(C)o2)cc(OC)c1. The van der Waals surface area contributed by atoms with Crippen molar-refractivity contribution in [2.24, 2.45) is 0 Å². The molecule has 2 aromatic rings. The molecule has 0 saturated heterocycles. The van der Waals surface area contributed by atoms with E-state index >= 15 is 0 Å². The molecule has 0 aliphatic carbocycles. The quantitative estimate of drug-likeness (QED) is 0.887. The zero-order chi connectivity index (χ0) is 16.1. The van der Waals surface area contributed by atoms with Crippen LogP contribution in [0, 0.1) is 6.92 Å². The Hall–Kier alpha value is -2.63. The summed E-state index contributed by atoms with van der Waals surface area (Å²) in [5.74, 6) is 2.71. The molecule has 0 saturated carbocycles. The number of furan rings is 1. The number of amides is 2.